The van der Waals surface area contributed by atoms with Crippen LogP contribution in [-0.4, -0.2) is 36.0 Å². The summed E-state index contributed by atoms with van der Waals surface area (Å²) in [5, 5.41) is 3.23. The van der Waals surface area contributed by atoms with Gasteiger partial charge in [-0.05, 0) is 70.0 Å². The summed E-state index contributed by atoms with van der Waals surface area (Å²) in [7, 11) is 0. The van der Waals surface area contributed by atoms with Crippen molar-refractivity contribution >= 4 is 5.91 Å². The first kappa shape index (κ1) is 18.3. The zero-order valence-corrected chi connectivity index (χ0v) is 16.9. The van der Waals surface area contributed by atoms with Gasteiger partial charge in [-0.2, -0.15) is 0 Å². The van der Waals surface area contributed by atoms with E-state index in [1.165, 1.54) is 12.8 Å². The molecule has 5 heterocycles. The van der Waals surface area contributed by atoms with Crippen LogP contribution in [0.2, 0.25) is 0 Å². The fourth-order valence-corrected chi connectivity index (χ4v) is 4.77. The van der Waals surface area contributed by atoms with E-state index in [4.69, 9.17) is 8.83 Å². The van der Waals surface area contributed by atoms with Crippen LogP contribution in [0.5, 0.6) is 0 Å². The molecular formula is C24H26N2O3. The number of furan rings is 2. The summed E-state index contributed by atoms with van der Waals surface area (Å²) in [6.45, 7) is 6.45. The molecule has 0 aliphatic carbocycles. The molecule has 150 valence electrons. The molecule has 1 aromatic carbocycles. The van der Waals surface area contributed by atoms with Gasteiger partial charge in [-0.1, -0.05) is 24.3 Å². The molecule has 0 radical (unpaired) electrons. The van der Waals surface area contributed by atoms with Gasteiger partial charge < -0.3 is 14.2 Å². The van der Waals surface area contributed by atoms with E-state index in [9.17, 15) is 4.79 Å². The van der Waals surface area contributed by atoms with Gasteiger partial charge in [-0.25, -0.2) is 0 Å². The number of nitrogens with zero attached hydrogens (tertiary/aromatic N) is 1. The molecule has 0 unspecified atom stereocenters. The average Bonchev–Trinajstić information content (AvgIpc) is 3.41. The summed E-state index contributed by atoms with van der Waals surface area (Å²) < 4.78 is 11.6. The number of rotatable bonds is 4. The third-order valence-corrected chi connectivity index (χ3v) is 6.50. The van der Waals surface area contributed by atoms with E-state index in [-0.39, 0.29) is 11.9 Å². The van der Waals surface area contributed by atoms with Crippen molar-refractivity contribution in [1.82, 2.24) is 10.2 Å². The van der Waals surface area contributed by atoms with Crippen LogP contribution in [0.3, 0.4) is 0 Å². The van der Waals surface area contributed by atoms with E-state index >= 15 is 0 Å². The Kier molecular flexibility index (Phi) is 4.55. The van der Waals surface area contributed by atoms with Crippen LogP contribution in [0.1, 0.15) is 36.1 Å². The quantitative estimate of drug-likeness (QED) is 0.700. The second kappa shape index (κ2) is 7.23. The van der Waals surface area contributed by atoms with Crippen molar-refractivity contribution in [2.45, 2.75) is 38.8 Å². The molecule has 0 spiro atoms. The molecular weight excluding hydrogens is 364 g/mol. The van der Waals surface area contributed by atoms with E-state index in [1.54, 1.807) is 6.07 Å². The first-order chi connectivity index (χ1) is 14.1. The predicted octanol–water partition coefficient (Wildman–Crippen LogP) is 4.73. The highest BCUT2D eigenvalue weighted by Gasteiger charge is 2.40. The van der Waals surface area contributed by atoms with Crippen molar-refractivity contribution in [3.05, 3.63) is 60.1 Å². The molecule has 5 nitrogen and oxygen atoms in total. The Morgan fingerprint density at radius 3 is 2.14 bits per heavy atom. The first-order valence-corrected chi connectivity index (χ1v) is 10.4. The van der Waals surface area contributed by atoms with Crippen molar-refractivity contribution in [3.63, 3.8) is 0 Å². The highest BCUT2D eigenvalue weighted by Crippen LogP contribution is 2.32. The van der Waals surface area contributed by atoms with Crippen molar-refractivity contribution in [1.29, 1.82) is 0 Å². The first-order valence-electron chi connectivity index (χ1n) is 10.4. The number of amides is 1. The molecule has 6 rings (SSSR count). The lowest BCUT2D eigenvalue weighted by molar-refractivity contribution is 0.0211. The molecule has 2 atom stereocenters. The Balaban J connectivity index is 1.29. The number of piperidine rings is 3. The average molecular weight is 390 g/mol. The van der Waals surface area contributed by atoms with Gasteiger partial charge in [-0.15, -0.1) is 0 Å². The number of benzene rings is 1. The molecule has 1 N–H and O–H groups in total. The van der Waals surface area contributed by atoms with Gasteiger partial charge in [0.05, 0.1) is 0 Å². The van der Waals surface area contributed by atoms with Crippen LogP contribution < -0.4 is 5.32 Å². The molecule has 2 bridgehead atoms. The minimum Gasteiger partial charge on any atom is -0.461 e. The Hall–Kier alpha value is -2.79. The van der Waals surface area contributed by atoms with Crippen LogP contribution in [0.15, 0.2) is 57.4 Å². The lowest BCUT2D eigenvalue weighted by Gasteiger charge is -2.49. The van der Waals surface area contributed by atoms with Crippen LogP contribution in [-0.2, 0) is 0 Å². The van der Waals surface area contributed by atoms with E-state index < -0.39 is 0 Å². The summed E-state index contributed by atoms with van der Waals surface area (Å²) >= 11 is 0. The van der Waals surface area contributed by atoms with E-state index in [0.29, 0.717) is 23.5 Å². The third-order valence-electron chi connectivity index (χ3n) is 6.50. The SMILES string of the molecule is Cc1ccc(-c2ccc(-c3ccc(C(=O)N[C@@H]4C5CCN(CC5)[C@@H]4C)o3)cc2)o1. The van der Waals surface area contributed by atoms with Gasteiger partial charge in [-0.3, -0.25) is 9.69 Å². The summed E-state index contributed by atoms with van der Waals surface area (Å²) in [4.78, 5) is 15.3. The lowest BCUT2D eigenvalue weighted by Crippen LogP contribution is -2.62. The van der Waals surface area contributed by atoms with Gasteiger partial charge in [0.1, 0.15) is 17.3 Å². The topological polar surface area (TPSA) is 58.6 Å². The standard InChI is InChI=1S/C24H26N2O3/c1-15-3-8-20(28-15)17-4-6-18(7-5-17)21-9-10-22(29-21)24(27)25-23-16(2)26-13-11-19(23)12-14-26/h3-10,16,19,23H,11-14H2,1-2H3,(H,25,27)/t16-,23+/m1/s1. The maximum Gasteiger partial charge on any atom is 0.287 e. The van der Waals surface area contributed by atoms with Crippen LogP contribution in [0.4, 0.5) is 0 Å². The fraction of sp³-hybridized carbons (Fsp3) is 0.375. The maximum atomic E-state index is 12.8. The number of hydrogen-bond donors (Lipinski definition) is 1. The van der Waals surface area contributed by atoms with Gasteiger partial charge in [0.15, 0.2) is 5.76 Å². The largest absolute Gasteiger partial charge is 0.461 e. The van der Waals surface area contributed by atoms with Gasteiger partial charge in [0, 0.05) is 23.2 Å². The zero-order chi connectivity index (χ0) is 20.0. The molecule has 3 fully saturated rings. The third kappa shape index (κ3) is 3.40. The molecule has 2 aromatic heterocycles. The second-order valence-electron chi connectivity index (χ2n) is 8.26. The van der Waals surface area contributed by atoms with Crippen LogP contribution >= 0.6 is 0 Å². The van der Waals surface area contributed by atoms with Crippen LogP contribution in [0.25, 0.3) is 22.6 Å². The Morgan fingerprint density at radius 2 is 1.55 bits per heavy atom. The minimum absolute atomic E-state index is 0.121. The molecule has 3 aliphatic heterocycles. The minimum atomic E-state index is -0.121. The fourth-order valence-electron chi connectivity index (χ4n) is 4.77. The maximum absolute atomic E-state index is 12.8. The van der Waals surface area contributed by atoms with Crippen molar-refractivity contribution in [3.8, 4) is 22.6 Å². The monoisotopic (exact) mass is 390 g/mol. The predicted molar refractivity (Wildman–Crippen MR) is 112 cm³/mol. The number of hydrogen-bond acceptors (Lipinski definition) is 4. The van der Waals surface area contributed by atoms with E-state index in [0.717, 1.165) is 35.7 Å². The number of fused-ring (bicyclic) bond motifs is 3. The Labute approximate surface area is 170 Å². The molecule has 0 saturated carbocycles. The Morgan fingerprint density at radius 1 is 0.931 bits per heavy atom. The highest BCUT2D eigenvalue weighted by atomic mass is 16.4. The van der Waals surface area contributed by atoms with Gasteiger partial charge in [0.25, 0.3) is 5.91 Å². The Bertz CT molecular complexity index is 1010. The molecule has 3 aromatic rings. The van der Waals surface area contributed by atoms with Gasteiger partial charge >= 0.3 is 0 Å². The van der Waals surface area contributed by atoms with Gasteiger partial charge in [0.2, 0.25) is 0 Å². The number of carbonyl (C=O) groups is 1. The smallest absolute Gasteiger partial charge is 0.287 e. The van der Waals surface area contributed by atoms with Crippen molar-refractivity contribution in [2.75, 3.05) is 13.1 Å². The summed E-state index contributed by atoms with van der Waals surface area (Å²) in [5.41, 5.74) is 1.95. The van der Waals surface area contributed by atoms with Crippen molar-refractivity contribution in [2.24, 2.45) is 5.92 Å². The second-order valence-corrected chi connectivity index (χ2v) is 8.26. The van der Waals surface area contributed by atoms with Crippen molar-refractivity contribution < 1.29 is 13.6 Å². The molecule has 1 amide bonds. The van der Waals surface area contributed by atoms with E-state index in [1.807, 2.05) is 49.4 Å². The number of aryl methyl sites for hydroxylation is 1. The zero-order valence-electron chi connectivity index (χ0n) is 16.9. The molecule has 3 aliphatic rings. The van der Waals surface area contributed by atoms with Crippen LogP contribution in [0, 0.1) is 12.8 Å². The molecule has 29 heavy (non-hydrogen) atoms. The summed E-state index contributed by atoms with van der Waals surface area (Å²) in [5.74, 6) is 3.26. The summed E-state index contributed by atoms with van der Waals surface area (Å²) in [6.07, 6.45) is 2.33. The number of nitrogens with one attached hydrogen (secondary N) is 1. The molecule has 5 heteroatoms. The number of carbonyl (C=O) groups excluding carboxylic acids is 1. The summed E-state index contributed by atoms with van der Waals surface area (Å²) in [6, 6.07) is 16.1. The lowest BCUT2D eigenvalue weighted by atomic mass is 9.79. The highest BCUT2D eigenvalue weighted by molar-refractivity contribution is 5.92. The normalized spacial score (nSPS) is 25.9. The van der Waals surface area contributed by atoms with E-state index in [2.05, 4.69) is 17.1 Å². The molecule has 3 saturated heterocycles.